The Kier molecular flexibility index (Phi) is 6.42. The summed E-state index contributed by atoms with van der Waals surface area (Å²) < 4.78 is 0. The van der Waals surface area contributed by atoms with Gasteiger partial charge in [0.1, 0.15) is 0 Å². The summed E-state index contributed by atoms with van der Waals surface area (Å²) in [5, 5.41) is 11.3. The number of nitrogens with one attached hydrogen (secondary N) is 1. The molecule has 0 heterocycles. The van der Waals surface area contributed by atoms with Gasteiger partial charge in [0.05, 0.1) is 13.2 Å². The van der Waals surface area contributed by atoms with E-state index in [-0.39, 0.29) is 12.5 Å². The molecular weight excluding hydrogens is 204 g/mol. The van der Waals surface area contributed by atoms with Crippen molar-refractivity contribution < 1.29 is 9.90 Å². The first-order valence-corrected chi connectivity index (χ1v) is 6.32. The van der Waals surface area contributed by atoms with E-state index in [4.69, 9.17) is 5.11 Å². The highest BCUT2D eigenvalue weighted by Crippen LogP contribution is 2.20. The van der Waals surface area contributed by atoms with E-state index in [0.29, 0.717) is 19.1 Å². The molecule has 0 aromatic rings. The van der Waals surface area contributed by atoms with Crippen molar-refractivity contribution in [3.8, 4) is 0 Å². The molecule has 0 saturated heterocycles. The monoisotopic (exact) mass is 228 g/mol. The van der Waals surface area contributed by atoms with E-state index < -0.39 is 0 Å². The molecule has 1 saturated carbocycles. The molecule has 0 atom stereocenters. The van der Waals surface area contributed by atoms with E-state index in [1.807, 2.05) is 7.05 Å². The number of carbonyl (C=O) groups excluding carboxylic acids is 1. The molecule has 1 amide bonds. The highest BCUT2D eigenvalue weighted by molar-refractivity contribution is 5.77. The Bertz CT molecular complexity index is 201. The molecule has 4 nitrogen and oxygen atoms in total. The van der Waals surface area contributed by atoms with Crippen LogP contribution < -0.4 is 5.32 Å². The van der Waals surface area contributed by atoms with Crippen LogP contribution in [-0.2, 0) is 4.79 Å². The van der Waals surface area contributed by atoms with Crippen LogP contribution in [0.2, 0.25) is 0 Å². The van der Waals surface area contributed by atoms with Crippen LogP contribution in [0.25, 0.3) is 0 Å². The number of aliphatic hydroxyl groups is 1. The van der Waals surface area contributed by atoms with Crippen molar-refractivity contribution >= 4 is 5.91 Å². The Hall–Kier alpha value is -0.610. The number of hydrogen-bond donors (Lipinski definition) is 2. The van der Waals surface area contributed by atoms with Crippen LogP contribution in [0.15, 0.2) is 0 Å². The molecule has 0 unspecified atom stereocenters. The van der Waals surface area contributed by atoms with Gasteiger partial charge in [0.2, 0.25) is 5.91 Å². The van der Waals surface area contributed by atoms with E-state index in [2.05, 4.69) is 10.2 Å². The number of rotatable bonds is 5. The number of likely N-dealkylation sites (N-methyl/N-ethyl adjacent to an activating group) is 1. The Labute approximate surface area is 98.0 Å². The van der Waals surface area contributed by atoms with Crippen molar-refractivity contribution in [3.05, 3.63) is 0 Å². The van der Waals surface area contributed by atoms with Gasteiger partial charge in [0.25, 0.3) is 0 Å². The predicted molar refractivity (Wildman–Crippen MR) is 64.2 cm³/mol. The summed E-state index contributed by atoms with van der Waals surface area (Å²) in [4.78, 5) is 13.6. The summed E-state index contributed by atoms with van der Waals surface area (Å²) in [6.45, 7) is 0.820. The maximum atomic E-state index is 11.5. The van der Waals surface area contributed by atoms with Crippen molar-refractivity contribution in [1.82, 2.24) is 10.2 Å². The predicted octanol–water partition coefficient (Wildman–Crippen LogP) is 0.749. The first kappa shape index (κ1) is 13.5. The molecule has 1 rings (SSSR count). The maximum absolute atomic E-state index is 11.5. The van der Waals surface area contributed by atoms with Gasteiger partial charge in [-0.3, -0.25) is 9.69 Å². The molecule has 0 radical (unpaired) electrons. The second kappa shape index (κ2) is 7.63. The number of hydrogen-bond acceptors (Lipinski definition) is 3. The lowest BCUT2D eigenvalue weighted by Crippen LogP contribution is -2.41. The average molecular weight is 228 g/mol. The van der Waals surface area contributed by atoms with E-state index in [1.165, 1.54) is 38.5 Å². The number of nitrogens with zero attached hydrogens (tertiary/aromatic N) is 1. The molecule has 16 heavy (non-hydrogen) atoms. The molecule has 0 aliphatic heterocycles. The molecule has 2 N–H and O–H groups in total. The molecule has 4 heteroatoms. The molecule has 1 aliphatic rings. The van der Waals surface area contributed by atoms with E-state index in [1.54, 1.807) is 0 Å². The highest BCUT2D eigenvalue weighted by atomic mass is 16.3. The fraction of sp³-hybridized carbons (Fsp3) is 0.917. The molecule has 0 aromatic carbocycles. The second-order valence-electron chi connectivity index (χ2n) is 4.63. The van der Waals surface area contributed by atoms with E-state index in [9.17, 15) is 4.79 Å². The van der Waals surface area contributed by atoms with Crippen LogP contribution >= 0.6 is 0 Å². The molecule has 1 fully saturated rings. The Morgan fingerprint density at radius 1 is 1.31 bits per heavy atom. The molecular formula is C12H24N2O2. The average Bonchev–Trinajstić information content (AvgIpc) is 2.54. The summed E-state index contributed by atoms with van der Waals surface area (Å²) in [6, 6.07) is 0.558. The smallest absolute Gasteiger partial charge is 0.234 e. The molecule has 1 aliphatic carbocycles. The van der Waals surface area contributed by atoms with Gasteiger partial charge >= 0.3 is 0 Å². The SMILES string of the molecule is CN(CC(=O)NCCO)C1CCCCCC1. The van der Waals surface area contributed by atoms with Crippen LogP contribution in [0.1, 0.15) is 38.5 Å². The third-order valence-corrected chi connectivity index (χ3v) is 3.28. The standard InChI is InChI=1S/C12H24N2O2/c1-14(10-12(16)13-8-9-15)11-6-4-2-3-5-7-11/h11,15H,2-10H2,1H3,(H,13,16). The van der Waals surface area contributed by atoms with Gasteiger partial charge in [0, 0.05) is 12.6 Å². The lowest BCUT2D eigenvalue weighted by Gasteiger charge is -2.26. The molecule has 0 spiro atoms. The largest absolute Gasteiger partial charge is 0.395 e. The summed E-state index contributed by atoms with van der Waals surface area (Å²) >= 11 is 0. The van der Waals surface area contributed by atoms with Crippen molar-refractivity contribution in [2.75, 3.05) is 26.7 Å². The lowest BCUT2D eigenvalue weighted by atomic mass is 10.1. The number of carbonyl (C=O) groups is 1. The fourth-order valence-electron chi connectivity index (χ4n) is 2.31. The zero-order valence-electron chi connectivity index (χ0n) is 10.2. The zero-order chi connectivity index (χ0) is 11.8. The van der Waals surface area contributed by atoms with Gasteiger partial charge in [-0.2, -0.15) is 0 Å². The van der Waals surface area contributed by atoms with Crippen LogP contribution in [0.5, 0.6) is 0 Å². The third kappa shape index (κ3) is 4.94. The first-order valence-electron chi connectivity index (χ1n) is 6.32. The minimum absolute atomic E-state index is 0.0128. The van der Waals surface area contributed by atoms with Gasteiger partial charge in [-0.05, 0) is 19.9 Å². The van der Waals surface area contributed by atoms with Gasteiger partial charge in [-0.15, -0.1) is 0 Å². The van der Waals surface area contributed by atoms with Gasteiger partial charge in [0.15, 0.2) is 0 Å². The summed E-state index contributed by atoms with van der Waals surface area (Å²) in [7, 11) is 2.02. The summed E-state index contributed by atoms with van der Waals surface area (Å²) in [5.74, 6) is 0.0146. The van der Waals surface area contributed by atoms with Crippen LogP contribution in [0, 0.1) is 0 Å². The minimum atomic E-state index is 0.0128. The number of amides is 1. The molecule has 94 valence electrons. The number of aliphatic hydroxyl groups excluding tert-OH is 1. The molecule has 0 bridgehead atoms. The fourth-order valence-corrected chi connectivity index (χ4v) is 2.31. The van der Waals surface area contributed by atoms with Crippen molar-refractivity contribution in [2.45, 2.75) is 44.6 Å². The van der Waals surface area contributed by atoms with Gasteiger partial charge in [-0.25, -0.2) is 0 Å². The lowest BCUT2D eigenvalue weighted by molar-refractivity contribution is -0.122. The highest BCUT2D eigenvalue weighted by Gasteiger charge is 2.18. The Morgan fingerprint density at radius 3 is 2.50 bits per heavy atom. The Morgan fingerprint density at radius 2 is 1.94 bits per heavy atom. The maximum Gasteiger partial charge on any atom is 0.234 e. The normalized spacial score (nSPS) is 18.4. The summed E-state index contributed by atoms with van der Waals surface area (Å²) in [5.41, 5.74) is 0. The van der Waals surface area contributed by atoms with Crippen molar-refractivity contribution in [1.29, 1.82) is 0 Å². The summed E-state index contributed by atoms with van der Waals surface area (Å²) in [6.07, 6.45) is 7.66. The quantitative estimate of drug-likeness (QED) is 0.683. The molecule has 0 aromatic heterocycles. The Balaban J connectivity index is 2.26. The zero-order valence-corrected chi connectivity index (χ0v) is 10.2. The minimum Gasteiger partial charge on any atom is -0.395 e. The second-order valence-corrected chi connectivity index (χ2v) is 4.63. The van der Waals surface area contributed by atoms with E-state index >= 15 is 0 Å². The van der Waals surface area contributed by atoms with Crippen molar-refractivity contribution in [3.63, 3.8) is 0 Å². The van der Waals surface area contributed by atoms with Gasteiger partial charge < -0.3 is 10.4 Å². The van der Waals surface area contributed by atoms with Gasteiger partial charge in [-0.1, -0.05) is 25.7 Å². The van der Waals surface area contributed by atoms with Crippen LogP contribution in [0.4, 0.5) is 0 Å². The van der Waals surface area contributed by atoms with E-state index in [0.717, 1.165) is 0 Å². The van der Waals surface area contributed by atoms with Crippen LogP contribution in [-0.4, -0.2) is 48.7 Å². The topological polar surface area (TPSA) is 52.6 Å². The van der Waals surface area contributed by atoms with Crippen molar-refractivity contribution in [2.24, 2.45) is 0 Å². The third-order valence-electron chi connectivity index (χ3n) is 3.28. The van der Waals surface area contributed by atoms with Crippen LogP contribution in [0.3, 0.4) is 0 Å². The first-order chi connectivity index (χ1) is 7.74.